The van der Waals surface area contributed by atoms with Gasteiger partial charge in [-0.1, -0.05) is 18.2 Å². The van der Waals surface area contributed by atoms with Crippen molar-refractivity contribution in [1.82, 2.24) is 10.2 Å². The highest BCUT2D eigenvalue weighted by Gasteiger charge is 2.30. The number of carbonyl (C=O) groups is 3. The fraction of sp³-hybridized carbons (Fsp3) is 0.320. The molecule has 1 aliphatic rings. The Labute approximate surface area is 191 Å². The number of nitrogens with one attached hydrogen (secondary N) is 2. The number of likely N-dealkylation sites (tertiary alicyclic amines) is 1. The molecular weight excluding hydrogens is 422 g/mol. The number of piperidine rings is 1. The monoisotopic (exact) mass is 449 g/mol. The SMILES string of the molecule is CNC(=O)c1sc2ccccc2c1C[C@@H]1CCCCN1C(=O)c1ccc(NC(C)=O)cc1. The van der Waals surface area contributed by atoms with Gasteiger partial charge in [0.2, 0.25) is 5.91 Å². The van der Waals surface area contributed by atoms with Gasteiger partial charge in [-0.15, -0.1) is 11.3 Å². The molecule has 1 aromatic heterocycles. The third-order valence-corrected chi connectivity index (χ3v) is 7.12. The maximum absolute atomic E-state index is 13.4. The number of benzene rings is 2. The maximum Gasteiger partial charge on any atom is 0.261 e. The van der Waals surface area contributed by atoms with Crippen LogP contribution in [0.1, 0.15) is 51.8 Å². The Morgan fingerprint density at radius 2 is 1.81 bits per heavy atom. The summed E-state index contributed by atoms with van der Waals surface area (Å²) < 4.78 is 1.09. The molecule has 32 heavy (non-hydrogen) atoms. The smallest absolute Gasteiger partial charge is 0.261 e. The van der Waals surface area contributed by atoms with E-state index < -0.39 is 0 Å². The number of anilines is 1. The quantitative estimate of drug-likeness (QED) is 0.604. The summed E-state index contributed by atoms with van der Waals surface area (Å²) in [4.78, 5) is 39.9. The predicted molar refractivity (Wildman–Crippen MR) is 128 cm³/mol. The van der Waals surface area contributed by atoms with Gasteiger partial charge in [-0.2, -0.15) is 0 Å². The van der Waals surface area contributed by atoms with E-state index >= 15 is 0 Å². The fourth-order valence-electron chi connectivity index (χ4n) is 4.38. The summed E-state index contributed by atoms with van der Waals surface area (Å²) in [5, 5.41) is 6.58. The highest BCUT2D eigenvalue weighted by Crippen LogP contribution is 2.34. The summed E-state index contributed by atoms with van der Waals surface area (Å²) >= 11 is 1.51. The van der Waals surface area contributed by atoms with Gasteiger partial charge < -0.3 is 15.5 Å². The van der Waals surface area contributed by atoms with Crippen molar-refractivity contribution in [1.29, 1.82) is 0 Å². The van der Waals surface area contributed by atoms with E-state index in [4.69, 9.17) is 0 Å². The van der Waals surface area contributed by atoms with Crippen LogP contribution in [0.3, 0.4) is 0 Å². The number of rotatable bonds is 5. The first kappa shape index (κ1) is 22.0. The largest absolute Gasteiger partial charge is 0.354 e. The van der Waals surface area contributed by atoms with Crippen LogP contribution in [0.15, 0.2) is 48.5 Å². The lowest BCUT2D eigenvalue weighted by molar-refractivity contribution is -0.114. The lowest BCUT2D eigenvalue weighted by Crippen LogP contribution is -2.45. The van der Waals surface area contributed by atoms with Crippen molar-refractivity contribution in [2.45, 2.75) is 38.6 Å². The first-order valence-electron chi connectivity index (χ1n) is 10.9. The highest BCUT2D eigenvalue weighted by molar-refractivity contribution is 7.21. The molecule has 2 N–H and O–H groups in total. The molecule has 2 heterocycles. The average molecular weight is 450 g/mol. The second kappa shape index (κ2) is 9.53. The van der Waals surface area contributed by atoms with Gasteiger partial charge in [0.15, 0.2) is 0 Å². The lowest BCUT2D eigenvalue weighted by atomic mass is 9.93. The van der Waals surface area contributed by atoms with Gasteiger partial charge in [0.05, 0.1) is 4.88 Å². The second-order valence-corrected chi connectivity index (χ2v) is 9.15. The van der Waals surface area contributed by atoms with Crippen LogP contribution in [0.5, 0.6) is 0 Å². The zero-order valence-corrected chi connectivity index (χ0v) is 19.1. The fourth-order valence-corrected chi connectivity index (χ4v) is 5.56. The molecule has 0 radical (unpaired) electrons. The van der Waals surface area contributed by atoms with Gasteiger partial charge in [-0.25, -0.2) is 0 Å². The van der Waals surface area contributed by atoms with Crippen LogP contribution in [-0.4, -0.2) is 42.3 Å². The number of thiophene rings is 1. The zero-order chi connectivity index (χ0) is 22.7. The average Bonchev–Trinajstić information content (AvgIpc) is 3.17. The zero-order valence-electron chi connectivity index (χ0n) is 18.3. The van der Waals surface area contributed by atoms with E-state index in [1.54, 1.807) is 31.3 Å². The molecule has 0 bridgehead atoms. The molecule has 0 saturated carbocycles. The molecule has 6 nitrogen and oxygen atoms in total. The lowest BCUT2D eigenvalue weighted by Gasteiger charge is -2.36. The molecule has 4 rings (SSSR count). The maximum atomic E-state index is 13.4. The Balaban J connectivity index is 1.61. The molecule has 2 aromatic carbocycles. The number of carbonyl (C=O) groups excluding carboxylic acids is 3. The van der Waals surface area contributed by atoms with E-state index in [2.05, 4.69) is 16.7 Å². The van der Waals surface area contributed by atoms with Crippen molar-refractivity contribution in [2.24, 2.45) is 0 Å². The third kappa shape index (κ3) is 4.53. The molecule has 3 amide bonds. The molecule has 0 aliphatic carbocycles. The van der Waals surface area contributed by atoms with Crippen LogP contribution in [0, 0.1) is 0 Å². The molecule has 0 spiro atoms. The van der Waals surface area contributed by atoms with Crippen molar-refractivity contribution < 1.29 is 14.4 Å². The number of nitrogens with zero attached hydrogens (tertiary/aromatic N) is 1. The summed E-state index contributed by atoms with van der Waals surface area (Å²) in [6.45, 7) is 2.16. The molecule has 1 fully saturated rings. The van der Waals surface area contributed by atoms with Gasteiger partial charge >= 0.3 is 0 Å². The third-order valence-electron chi connectivity index (χ3n) is 5.91. The van der Waals surface area contributed by atoms with Crippen molar-refractivity contribution in [2.75, 3.05) is 18.9 Å². The molecule has 3 aromatic rings. The molecule has 166 valence electrons. The van der Waals surface area contributed by atoms with Gasteiger partial charge in [-0.3, -0.25) is 14.4 Å². The first-order chi connectivity index (χ1) is 15.5. The highest BCUT2D eigenvalue weighted by atomic mass is 32.1. The van der Waals surface area contributed by atoms with Crippen LogP contribution in [0.2, 0.25) is 0 Å². The van der Waals surface area contributed by atoms with Crippen LogP contribution < -0.4 is 10.6 Å². The van der Waals surface area contributed by atoms with Crippen molar-refractivity contribution in [3.8, 4) is 0 Å². The Morgan fingerprint density at radius 1 is 1.06 bits per heavy atom. The van der Waals surface area contributed by atoms with E-state index in [1.807, 2.05) is 23.1 Å². The summed E-state index contributed by atoms with van der Waals surface area (Å²) in [5.74, 6) is -0.233. The van der Waals surface area contributed by atoms with E-state index in [0.717, 1.165) is 39.8 Å². The predicted octanol–water partition coefficient (Wildman–Crippen LogP) is 4.46. The molecular formula is C25H27N3O3S. The molecule has 7 heteroatoms. The molecule has 1 atom stereocenters. The Morgan fingerprint density at radius 3 is 2.53 bits per heavy atom. The van der Waals surface area contributed by atoms with Gasteiger partial charge in [0, 0.05) is 42.5 Å². The van der Waals surface area contributed by atoms with Gasteiger partial charge in [0.1, 0.15) is 0 Å². The number of amides is 3. The summed E-state index contributed by atoms with van der Waals surface area (Å²) in [6, 6.07) is 15.1. The Bertz CT molecular complexity index is 1150. The van der Waals surface area contributed by atoms with E-state index in [0.29, 0.717) is 24.2 Å². The minimum atomic E-state index is -0.143. The number of hydrogen-bond donors (Lipinski definition) is 2. The molecule has 0 unspecified atom stereocenters. The van der Waals surface area contributed by atoms with Crippen LogP contribution >= 0.6 is 11.3 Å². The summed E-state index contributed by atoms with van der Waals surface area (Å²) in [7, 11) is 1.65. The van der Waals surface area contributed by atoms with E-state index in [1.165, 1.54) is 18.3 Å². The van der Waals surface area contributed by atoms with Crippen LogP contribution in [0.4, 0.5) is 5.69 Å². The minimum Gasteiger partial charge on any atom is -0.354 e. The standard InChI is InChI=1S/C25H27N3O3S/c1-16(29)27-18-12-10-17(11-13-18)25(31)28-14-6-5-7-19(28)15-21-20-8-3-4-9-22(20)32-23(21)24(30)26-2/h3-4,8-13,19H,5-7,14-15H2,1-2H3,(H,26,30)(H,27,29)/t19-/m0/s1. The van der Waals surface area contributed by atoms with Crippen molar-refractivity contribution >= 4 is 44.8 Å². The molecule has 1 saturated heterocycles. The summed E-state index contributed by atoms with van der Waals surface area (Å²) in [6.07, 6.45) is 3.60. The Hall–Kier alpha value is -3.19. The Kier molecular flexibility index (Phi) is 6.55. The van der Waals surface area contributed by atoms with E-state index in [9.17, 15) is 14.4 Å². The normalized spacial score (nSPS) is 16.1. The molecule has 1 aliphatic heterocycles. The van der Waals surface area contributed by atoms with Crippen molar-refractivity contribution in [3.05, 3.63) is 64.5 Å². The van der Waals surface area contributed by atoms with E-state index in [-0.39, 0.29) is 23.8 Å². The minimum absolute atomic E-state index is 0.00916. The first-order valence-corrected chi connectivity index (χ1v) is 11.7. The number of fused-ring (bicyclic) bond motifs is 1. The topological polar surface area (TPSA) is 78.5 Å². The van der Waals surface area contributed by atoms with Gasteiger partial charge in [0.25, 0.3) is 11.8 Å². The summed E-state index contributed by atoms with van der Waals surface area (Å²) in [5.41, 5.74) is 2.30. The van der Waals surface area contributed by atoms with Crippen molar-refractivity contribution in [3.63, 3.8) is 0 Å². The number of hydrogen-bond acceptors (Lipinski definition) is 4. The second-order valence-electron chi connectivity index (χ2n) is 8.10. The van der Waals surface area contributed by atoms with Crippen LogP contribution in [0.25, 0.3) is 10.1 Å². The van der Waals surface area contributed by atoms with Crippen LogP contribution in [-0.2, 0) is 11.2 Å². The van der Waals surface area contributed by atoms with Gasteiger partial charge in [-0.05, 0) is 67.0 Å².